The van der Waals surface area contributed by atoms with Crippen molar-refractivity contribution >= 4 is 43.5 Å². The van der Waals surface area contributed by atoms with Crippen molar-refractivity contribution in [3.8, 4) is 0 Å². The number of pyridine rings is 1. The maximum Gasteiger partial charge on any atom is 0.0652 e. The van der Waals surface area contributed by atoms with Crippen molar-refractivity contribution < 1.29 is 0 Å². The molecule has 2 aromatic rings. The lowest BCUT2D eigenvalue weighted by Crippen LogP contribution is -1.99. The van der Waals surface area contributed by atoms with Crippen molar-refractivity contribution in [1.29, 1.82) is 0 Å². The third kappa shape index (κ3) is 3.56. The summed E-state index contributed by atoms with van der Waals surface area (Å²) in [5.41, 5.74) is 3.24. The van der Waals surface area contributed by atoms with E-state index in [1.54, 1.807) is 0 Å². The maximum atomic E-state index is 6.47. The molecule has 2 rings (SSSR count). The van der Waals surface area contributed by atoms with Gasteiger partial charge in [0, 0.05) is 27.3 Å². The first-order chi connectivity index (χ1) is 8.56. The summed E-state index contributed by atoms with van der Waals surface area (Å²) in [5, 5.41) is -0.0907. The lowest BCUT2D eigenvalue weighted by Gasteiger charge is -2.12. The van der Waals surface area contributed by atoms with E-state index >= 15 is 0 Å². The average Bonchev–Trinajstić information content (AvgIpc) is 2.35. The van der Waals surface area contributed by atoms with Crippen LogP contribution in [0.2, 0.25) is 0 Å². The third-order valence-electron chi connectivity index (χ3n) is 2.66. The number of hydrogen-bond acceptors (Lipinski definition) is 1. The monoisotopic (exact) mass is 387 g/mol. The van der Waals surface area contributed by atoms with Crippen LogP contribution in [0.25, 0.3) is 0 Å². The highest BCUT2D eigenvalue weighted by atomic mass is 79.9. The van der Waals surface area contributed by atoms with E-state index in [0.717, 1.165) is 32.2 Å². The number of alkyl halides is 1. The van der Waals surface area contributed by atoms with E-state index in [4.69, 9.17) is 11.6 Å². The van der Waals surface area contributed by atoms with E-state index in [-0.39, 0.29) is 5.38 Å². The summed E-state index contributed by atoms with van der Waals surface area (Å²) in [4.78, 5) is 4.38. The minimum atomic E-state index is -0.0907. The van der Waals surface area contributed by atoms with Crippen molar-refractivity contribution in [3.05, 3.63) is 62.3 Å². The van der Waals surface area contributed by atoms with Gasteiger partial charge in [0.05, 0.1) is 5.38 Å². The van der Waals surface area contributed by atoms with Gasteiger partial charge in [-0.15, -0.1) is 11.6 Å². The van der Waals surface area contributed by atoms with Gasteiger partial charge in [-0.2, -0.15) is 0 Å². The molecular formula is C14H12Br2ClN. The predicted molar refractivity (Wildman–Crippen MR) is 83.1 cm³/mol. The molecule has 18 heavy (non-hydrogen) atoms. The number of hydrogen-bond donors (Lipinski definition) is 0. The third-order valence-corrected chi connectivity index (χ3v) is 4.26. The highest BCUT2D eigenvalue weighted by Gasteiger charge is 2.13. The molecule has 0 spiro atoms. The molecule has 0 aliphatic rings. The summed E-state index contributed by atoms with van der Waals surface area (Å²) in [6.45, 7) is 2.03. The largest absolute Gasteiger partial charge is 0.261 e. The smallest absolute Gasteiger partial charge is 0.0652 e. The van der Waals surface area contributed by atoms with Gasteiger partial charge in [0.25, 0.3) is 0 Å². The molecular weight excluding hydrogens is 377 g/mol. The SMILES string of the molecule is Cc1ccc(CC(Cl)c2cc(Br)ccc2Br)nc1. The second-order valence-corrected chi connectivity index (χ2v) is 6.46. The van der Waals surface area contributed by atoms with Crippen LogP contribution in [0, 0.1) is 6.92 Å². The van der Waals surface area contributed by atoms with E-state index in [1.807, 2.05) is 37.4 Å². The van der Waals surface area contributed by atoms with Gasteiger partial charge >= 0.3 is 0 Å². The van der Waals surface area contributed by atoms with Crippen LogP contribution in [0.5, 0.6) is 0 Å². The molecule has 0 saturated heterocycles. The van der Waals surface area contributed by atoms with Gasteiger partial charge in [-0.05, 0) is 42.3 Å². The Morgan fingerprint density at radius 3 is 2.67 bits per heavy atom. The van der Waals surface area contributed by atoms with E-state index < -0.39 is 0 Å². The zero-order valence-corrected chi connectivity index (χ0v) is 13.8. The first-order valence-corrected chi connectivity index (χ1v) is 7.59. The van der Waals surface area contributed by atoms with Gasteiger partial charge in [0.1, 0.15) is 0 Å². The van der Waals surface area contributed by atoms with Crippen LogP contribution in [0.4, 0.5) is 0 Å². The van der Waals surface area contributed by atoms with Crippen LogP contribution in [0.1, 0.15) is 22.2 Å². The number of aryl methyl sites for hydroxylation is 1. The Hall–Kier alpha value is -0.380. The topological polar surface area (TPSA) is 12.9 Å². The minimum Gasteiger partial charge on any atom is -0.261 e. The lowest BCUT2D eigenvalue weighted by molar-refractivity contribution is 0.874. The van der Waals surface area contributed by atoms with Crippen molar-refractivity contribution in [3.63, 3.8) is 0 Å². The lowest BCUT2D eigenvalue weighted by atomic mass is 10.1. The van der Waals surface area contributed by atoms with Gasteiger partial charge in [-0.25, -0.2) is 0 Å². The first kappa shape index (κ1) is 14.0. The van der Waals surface area contributed by atoms with Crippen molar-refractivity contribution in [2.45, 2.75) is 18.7 Å². The zero-order valence-electron chi connectivity index (χ0n) is 9.83. The van der Waals surface area contributed by atoms with E-state index in [1.165, 1.54) is 0 Å². The molecule has 1 heterocycles. The molecule has 1 unspecified atom stereocenters. The fourth-order valence-corrected chi connectivity index (χ4v) is 3.04. The number of benzene rings is 1. The molecule has 0 aliphatic heterocycles. The van der Waals surface area contributed by atoms with E-state index in [0.29, 0.717) is 0 Å². The highest BCUT2D eigenvalue weighted by molar-refractivity contribution is 9.11. The Morgan fingerprint density at radius 1 is 1.22 bits per heavy atom. The molecule has 0 radical (unpaired) electrons. The molecule has 0 saturated carbocycles. The Kier molecular flexibility index (Phi) is 4.82. The summed E-state index contributed by atoms with van der Waals surface area (Å²) in [6.07, 6.45) is 2.59. The van der Waals surface area contributed by atoms with Crippen molar-refractivity contribution in [1.82, 2.24) is 4.98 Å². The molecule has 0 N–H and O–H groups in total. The highest BCUT2D eigenvalue weighted by Crippen LogP contribution is 2.32. The molecule has 0 bridgehead atoms. The molecule has 94 valence electrons. The van der Waals surface area contributed by atoms with Crippen LogP contribution >= 0.6 is 43.5 Å². The number of rotatable bonds is 3. The van der Waals surface area contributed by atoms with Crippen molar-refractivity contribution in [2.24, 2.45) is 0 Å². The molecule has 0 amide bonds. The van der Waals surface area contributed by atoms with Gasteiger partial charge in [0.15, 0.2) is 0 Å². The summed E-state index contributed by atoms with van der Waals surface area (Å²) in [7, 11) is 0. The van der Waals surface area contributed by atoms with E-state index in [2.05, 4.69) is 42.9 Å². The molecule has 4 heteroatoms. The normalized spacial score (nSPS) is 12.4. The Bertz CT molecular complexity index is 540. The van der Waals surface area contributed by atoms with Gasteiger partial charge in [0.2, 0.25) is 0 Å². The standard InChI is InChI=1S/C14H12Br2ClN/c1-9-2-4-11(18-8-9)7-14(17)12-6-10(15)3-5-13(12)16/h2-6,8,14H,7H2,1H3. The molecule has 1 aromatic heterocycles. The molecule has 1 aromatic carbocycles. The average molecular weight is 390 g/mol. The minimum absolute atomic E-state index is 0.0907. The Labute approximate surface area is 129 Å². The fourth-order valence-electron chi connectivity index (χ4n) is 1.67. The summed E-state index contributed by atoms with van der Waals surface area (Å²) in [6, 6.07) is 10.1. The summed E-state index contributed by atoms with van der Waals surface area (Å²) >= 11 is 13.5. The predicted octanol–water partition coefficient (Wildman–Crippen LogP) is 5.44. The number of halogens is 3. The zero-order chi connectivity index (χ0) is 13.1. The van der Waals surface area contributed by atoms with Gasteiger partial charge in [-0.1, -0.05) is 37.9 Å². The van der Waals surface area contributed by atoms with Crippen LogP contribution in [0.3, 0.4) is 0 Å². The van der Waals surface area contributed by atoms with Crippen molar-refractivity contribution in [2.75, 3.05) is 0 Å². The van der Waals surface area contributed by atoms with Crippen LogP contribution in [0.15, 0.2) is 45.5 Å². The molecule has 1 nitrogen and oxygen atoms in total. The summed E-state index contributed by atoms with van der Waals surface area (Å²) < 4.78 is 2.06. The Balaban J connectivity index is 2.18. The molecule has 1 atom stereocenters. The first-order valence-electron chi connectivity index (χ1n) is 5.57. The van der Waals surface area contributed by atoms with E-state index in [9.17, 15) is 0 Å². The Morgan fingerprint density at radius 2 is 2.00 bits per heavy atom. The van der Waals surface area contributed by atoms with Crippen LogP contribution < -0.4 is 0 Å². The maximum absolute atomic E-state index is 6.47. The number of nitrogens with zero attached hydrogens (tertiary/aromatic N) is 1. The number of aromatic nitrogens is 1. The molecule has 0 fully saturated rings. The fraction of sp³-hybridized carbons (Fsp3) is 0.214. The quantitative estimate of drug-likeness (QED) is 0.637. The second kappa shape index (κ2) is 6.18. The van der Waals surface area contributed by atoms with Gasteiger partial charge < -0.3 is 0 Å². The van der Waals surface area contributed by atoms with Crippen LogP contribution in [-0.2, 0) is 6.42 Å². The van der Waals surface area contributed by atoms with Gasteiger partial charge in [-0.3, -0.25) is 4.98 Å². The summed E-state index contributed by atoms with van der Waals surface area (Å²) in [5.74, 6) is 0. The van der Waals surface area contributed by atoms with Crippen LogP contribution in [-0.4, -0.2) is 4.98 Å². The second-order valence-electron chi connectivity index (χ2n) is 4.16. The molecule has 0 aliphatic carbocycles.